The first-order chi connectivity index (χ1) is 9.11. The van der Waals surface area contributed by atoms with E-state index in [4.69, 9.17) is 4.74 Å². The molecular weight excluding hydrogens is 248 g/mol. The van der Waals surface area contributed by atoms with Gasteiger partial charge in [0.05, 0.1) is 25.7 Å². The van der Waals surface area contributed by atoms with Crippen LogP contribution in [0.4, 0.5) is 0 Å². The Balaban J connectivity index is 2.11. The monoisotopic (exact) mass is 266 g/mol. The topological polar surface area (TPSA) is 76.0 Å². The third-order valence-corrected chi connectivity index (χ3v) is 3.30. The van der Waals surface area contributed by atoms with Crippen LogP contribution in [0.5, 0.6) is 0 Å². The van der Waals surface area contributed by atoms with E-state index in [1.54, 1.807) is 0 Å². The second kappa shape index (κ2) is 6.14. The van der Waals surface area contributed by atoms with Gasteiger partial charge in [-0.25, -0.2) is 0 Å². The quantitative estimate of drug-likeness (QED) is 0.791. The SMILES string of the molecule is COC(=O)C[C@H]1C[C@H](O)[C@H](O)[C@@H](c2ccccc2)O1. The van der Waals surface area contributed by atoms with Gasteiger partial charge >= 0.3 is 5.97 Å². The molecule has 1 fully saturated rings. The highest BCUT2D eigenvalue weighted by Gasteiger charge is 2.38. The molecule has 0 saturated carbocycles. The van der Waals surface area contributed by atoms with E-state index in [2.05, 4.69) is 4.74 Å². The number of benzene rings is 1. The molecule has 19 heavy (non-hydrogen) atoms. The predicted molar refractivity (Wildman–Crippen MR) is 67.3 cm³/mol. The molecule has 1 aromatic rings. The lowest BCUT2D eigenvalue weighted by Gasteiger charge is -2.37. The van der Waals surface area contributed by atoms with Gasteiger partial charge in [0.2, 0.25) is 0 Å². The second-order valence-electron chi connectivity index (χ2n) is 4.66. The van der Waals surface area contributed by atoms with E-state index in [-0.39, 0.29) is 18.8 Å². The van der Waals surface area contributed by atoms with Crippen molar-refractivity contribution in [2.24, 2.45) is 0 Å². The normalized spacial score (nSPS) is 30.9. The highest BCUT2D eigenvalue weighted by molar-refractivity contribution is 5.69. The van der Waals surface area contributed by atoms with E-state index >= 15 is 0 Å². The maximum absolute atomic E-state index is 11.3. The summed E-state index contributed by atoms with van der Waals surface area (Å²) in [4.78, 5) is 11.3. The lowest BCUT2D eigenvalue weighted by molar-refractivity contribution is -0.179. The molecule has 0 aliphatic carbocycles. The Labute approximate surface area is 111 Å². The van der Waals surface area contributed by atoms with Crippen LogP contribution in [0.1, 0.15) is 24.5 Å². The average Bonchev–Trinajstić information content (AvgIpc) is 2.43. The minimum Gasteiger partial charge on any atom is -0.469 e. The summed E-state index contributed by atoms with van der Waals surface area (Å²) in [5.74, 6) is -0.389. The van der Waals surface area contributed by atoms with E-state index in [1.807, 2.05) is 30.3 Å². The highest BCUT2D eigenvalue weighted by Crippen LogP contribution is 2.33. The number of hydrogen-bond donors (Lipinski definition) is 2. The van der Waals surface area contributed by atoms with Crippen LogP contribution in [-0.4, -0.2) is 41.6 Å². The van der Waals surface area contributed by atoms with Crippen molar-refractivity contribution in [3.05, 3.63) is 35.9 Å². The summed E-state index contributed by atoms with van der Waals surface area (Å²) in [7, 11) is 1.31. The fourth-order valence-corrected chi connectivity index (χ4v) is 2.27. The van der Waals surface area contributed by atoms with E-state index in [9.17, 15) is 15.0 Å². The minimum atomic E-state index is -0.990. The summed E-state index contributed by atoms with van der Waals surface area (Å²) < 4.78 is 10.3. The molecule has 1 aliphatic heterocycles. The maximum atomic E-state index is 11.3. The van der Waals surface area contributed by atoms with Crippen LogP contribution in [-0.2, 0) is 14.3 Å². The Morgan fingerprint density at radius 1 is 1.37 bits per heavy atom. The maximum Gasteiger partial charge on any atom is 0.308 e. The molecule has 2 rings (SSSR count). The number of hydrogen-bond acceptors (Lipinski definition) is 5. The largest absolute Gasteiger partial charge is 0.469 e. The fourth-order valence-electron chi connectivity index (χ4n) is 2.27. The van der Waals surface area contributed by atoms with Gasteiger partial charge in [0.15, 0.2) is 0 Å². The third kappa shape index (κ3) is 3.32. The van der Waals surface area contributed by atoms with Gasteiger partial charge in [-0.1, -0.05) is 30.3 Å². The predicted octanol–water partition coefficient (Wildman–Crippen LogP) is 0.801. The molecule has 0 aromatic heterocycles. The zero-order valence-corrected chi connectivity index (χ0v) is 10.7. The van der Waals surface area contributed by atoms with Gasteiger partial charge in [-0.2, -0.15) is 0 Å². The molecule has 0 radical (unpaired) electrons. The van der Waals surface area contributed by atoms with Crippen LogP contribution in [0.25, 0.3) is 0 Å². The lowest BCUT2D eigenvalue weighted by atomic mass is 9.92. The number of methoxy groups -OCH3 is 1. The Morgan fingerprint density at radius 2 is 2.05 bits per heavy atom. The van der Waals surface area contributed by atoms with Crippen molar-refractivity contribution in [1.29, 1.82) is 0 Å². The highest BCUT2D eigenvalue weighted by atomic mass is 16.5. The number of aliphatic hydroxyl groups is 2. The van der Waals surface area contributed by atoms with Crippen LogP contribution in [0, 0.1) is 0 Å². The van der Waals surface area contributed by atoms with Crippen molar-refractivity contribution >= 4 is 5.97 Å². The first kappa shape index (κ1) is 14.0. The van der Waals surface area contributed by atoms with Crippen molar-refractivity contribution in [2.45, 2.75) is 37.3 Å². The van der Waals surface area contributed by atoms with Crippen LogP contribution < -0.4 is 0 Å². The van der Waals surface area contributed by atoms with Crippen molar-refractivity contribution in [1.82, 2.24) is 0 Å². The summed E-state index contributed by atoms with van der Waals surface area (Å²) in [5, 5.41) is 19.9. The number of esters is 1. The number of carbonyl (C=O) groups is 1. The van der Waals surface area contributed by atoms with Crippen molar-refractivity contribution in [3.63, 3.8) is 0 Å². The van der Waals surface area contributed by atoms with Gasteiger partial charge < -0.3 is 19.7 Å². The van der Waals surface area contributed by atoms with Gasteiger partial charge in [-0.15, -0.1) is 0 Å². The standard InChI is InChI=1S/C14H18O5/c1-18-12(16)8-10-7-11(15)13(17)14(19-10)9-5-3-2-4-6-9/h2-6,10-11,13-15,17H,7-8H2,1H3/t10-,11+,13+,14-/m1/s1. The van der Waals surface area contributed by atoms with Crippen molar-refractivity contribution in [2.75, 3.05) is 7.11 Å². The van der Waals surface area contributed by atoms with Crippen LogP contribution >= 0.6 is 0 Å². The molecule has 0 bridgehead atoms. The number of carbonyl (C=O) groups excluding carboxylic acids is 1. The van der Waals surface area contributed by atoms with Crippen molar-refractivity contribution in [3.8, 4) is 0 Å². The summed E-state index contributed by atoms with van der Waals surface area (Å²) in [6, 6.07) is 9.17. The summed E-state index contributed by atoms with van der Waals surface area (Å²) in [6.45, 7) is 0. The molecule has 5 heteroatoms. The van der Waals surface area contributed by atoms with Crippen molar-refractivity contribution < 1.29 is 24.5 Å². The molecule has 0 unspecified atom stereocenters. The summed E-state index contributed by atoms with van der Waals surface area (Å²) >= 11 is 0. The van der Waals surface area contributed by atoms with Gasteiger partial charge in [-0.05, 0) is 5.56 Å². The van der Waals surface area contributed by atoms with Crippen LogP contribution in [0.3, 0.4) is 0 Å². The minimum absolute atomic E-state index is 0.0730. The van der Waals surface area contributed by atoms with Crippen LogP contribution in [0.15, 0.2) is 30.3 Å². The smallest absolute Gasteiger partial charge is 0.308 e. The lowest BCUT2D eigenvalue weighted by Crippen LogP contribution is -2.44. The molecule has 1 aliphatic rings. The zero-order valence-electron chi connectivity index (χ0n) is 10.7. The summed E-state index contributed by atoms with van der Waals surface area (Å²) in [6.07, 6.45) is -2.68. The molecular formula is C14H18O5. The van der Waals surface area contributed by atoms with Gasteiger partial charge in [0.1, 0.15) is 12.2 Å². The Kier molecular flexibility index (Phi) is 4.52. The van der Waals surface area contributed by atoms with E-state index in [1.165, 1.54) is 7.11 Å². The third-order valence-electron chi connectivity index (χ3n) is 3.30. The molecule has 1 aromatic carbocycles. The first-order valence-corrected chi connectivity index (χ1v) is 6.25. The van der Waals surface area contributed by atoms with Gasteiger partial charge in [-0.3, -0.25) is 4.79 Å². The first-order valence-electron chi connectivity index (χ1n) is 6.25. The molecule has 1 saturated heterocycles. The van der Waals surface area contributed by atoms with E-state index < -0.39 is 24.4 Å². The average molecular weight is 266 g/mol. The molecule has 0 amide bonds. The fraction of sp³-hybridized carbons (Fsp3) is 0.500. The molecule has 104 valence electrons. The number of aliphatic hydroxyl groups excluding tert-OH is 2. The zero-order chi connectivity index (χ0) is 13.8. The van der Waals surface area contributed by atoms with E-state index in [0.29, 0.717) is 0 Å². The Morgan fingerprint density at radius 3 is 2.68 bits per heavy atom. The van der Waals surface area contributed by atoms with Crippen LogP contribution in [0.2, 0.25) is 0 Å². The molecule has 1 heterocycles. The number of rotatable bonds is 3. The number of ether oxygens (including phenoxy) is 2. The Bertz CT molecular complexity index is 419. The Hall–Kier alpha value is -1.43. The molecule has 2 N–H and O–H groups in total. The molecule has 5 nitrogen and oxygen atoms in total. The van der Waals surface area contributed by atoms with E-state index in [0.717, 1.165) is 5.56 Å². The molecule has 0 spiro atoms. The molecule has 4 atom stereocenters. The van der Waals surface area contributed by atoms with Gasteiger partial charge in [0.25, 0.3) is 0 Å². The summed E-state index contributed by atoms with van der Waals surface area (Å²) in [5.41, 5.74) is 0.781. The second-order valence-corrected chi connectivity index (χ2v) is 4.66. The van der Waals surface area contributed by atoms with Gasteiger partial charge in [0, 0.05) is 6.42 Å².